The van der Waals surface area contributed by atoms with Crippen molar-refractivity contribution < 1.29 is 0 Å². The summed E-state index contributed by atoms with van der Waals surface area (Å²) in [4.78, 5) is 0. The van der Waals surface area contributed by atoms with Crippen LogP contribution < -0.4 is 0 Å². The van der Waals surface area contributed by atoms with Gasteiger partial charge in [0.1, 0.15) is 14.6 Å². The molecule has 0 heterocycles. The maximum Gasteiger partial charge on any atom is 0.141 e. The molecule has 0 saturated heterocycles. The van der Waals surface area contributed by atoms with Crippen molar-refractivity contribution in [2.45, 2.75) is 40.3 Å². The third-order valence-corrected chi connectivity index (χ3v) is 1.87. The van der Waals surface area contributed by atoms with Gasteiger partial charge in [-0.2, -0.15) is 0 Å². The van der Waals surface area contributed by atoms with Crippen molar-refractivity contribution in [2.24, 2.45) is 0 Å². The van der Waals surface area contributed by atoms with Crippen molar-refractivity contribution in [3.05, 3.63) is 10.9 Å². The molecule has 10 heavy (non-hydrogen) atoms. The van der Waals surface area contributed by atoms with Crippen LogP contribution in [0.1, 0.15) is 26.7 Å². The van der Waals surface area contributed by atoms with Gasteiger partial charge in [0.05, 0.1) is 0 Å². The van der Waals surface area contributed by atoms with E-state index in [2.05, 4.69) is 42.1 Å². The van der Waals surface area contributed by atoms with Crippen LogP contribution in [0.4, 0.5) is 0 Å². The average Bonchev–Trinajstić information content (AvgIpc) is 2.00. The number of hydrogen-bond acceptors (Lipinski definition) is 0. The summed E-state index contributed by atoms with van der Waals surface area (Å²) in [6.45, 7) is 8.62. The predicted molar refractivity (Wildman–Crippen MR) is 50.8 cm³/mol. The van der Waals surface area contributed by atoms with Crippen molar-refractivity contribution >= 4 is 14.6 Å². The first kappa shape index (κ1) is 9.87. The van der Waals surface area contributed by atoms with Crippen molar-refractivity contribution in [2.75, 3.05) is 0 Å². The first-order valence-electron chi connectivity index (χ1n) is 4.10. The molecule has 2 heteroatoms. The highest BCUT2D eigenvalue weighted by molar-refractivity contribution is 6.51. The highest BCUT2D eigenvalue weighted by atomic mass is 13.9. The molecular weight excluding hydrogens is 118 g/mol. The fraction of sp³-hybridized carbons (Fsp3) is 0.750. The second kappa shape index (κ2) is 5.64. The first-order chi connectivity index (χ1) is 4.79. The molecule has 0 saturated carbocycles. The Morgan fingerprint density at radius 1 is 0.900 bits per heavy atom. The highest BCUT2D eigenvalue weighted by Crippen LogP contribution is 2.09. The van der Waals surface area contributed by atoms with Crippen LogP contribution in [0.2, 0.25) is 13.6 Å². The van der Waals surface area contributed by atoms with Crippen LogP contribution in [0, 0.1) is 0 Å². The van der Waals surface area contributed by atoms with Gasteiger partial charge >= 0.3 is 0 Å². The maximum absolute atomic E-state index is 2.21. The molecule has 0 aliphatic heterocycles. The second-order valence-electron chi connectivity index (χ2n) is 2.33. The van der Waals surface area contributed by atoms with Crippen molar-refractivity contribution in [1.29, 1.82) is 0 Å². The van der Waals surface area contributed by atoms with Gasteiger partial charge < -0.3 is 0 Å². The van der Waals surface area contributed by atoms with Gasteiger partial charge in [-0.25, -0.2) is 0 Å². The number of rotatable bonds is 4. The van der Waals surface area contributed by atoms with Gasteiger partial charge in [-0.3, -0.25) is 0 Å². The SMILES string of the molecule is C[B]C(CC)=C([B]C)CC. The van der Waals surface area contributed by atoms with E-state index in [1.807, 2.05) is 0 Å². The second-order valence-corrected chi connectivity index (χ2v) is 2.33. The summed E-state index contributed by atoms with van der Waals surface area (Å²) in [5.41, 5.74) is 2.98. The zero-order chi connectivity index (χ0) is 7.98. The fourth-order valence-electron chi connectivity index (χ4n) is 1.23. The summed E-state index contributed by atoms with van der Waals surface area (Å²) < 4.78 is 0. The number of hydrogen-bond donors (Lipinski definition) is 0. The molecule has 0 rings (SSSR count). The van der Waals surface area contributed by atoms with E-state index in [1.54, 1.807) is 0 Å². The molecule has 2 radical (unpaired) electrons. The zero-order valence-corrected chi connectivity index (χ0v) is 7.57. The third kappa shape index (κ3) is 2.64. The molecule has 0 aromatic rings. The van der Waals surface area contributed by atoms with Gasteiger partial charge in [-0.1, -0.05) is 27.5 Å². The van der Waals surface area contributed by atoms with E-state index < -0.39 is 0 Å². The molecule has 0 aromatic carbocycles. The minimum absolute atomic E-state index is 1.16. The molecule has 0 aliphatic rings. The Labute approximate surface area is 66.6 Å². The highest BCUT2D eigenvalue weighted by Gasteiger charge is 1.98. The van der Waals surface area contributed by atoms with Gasteiger partial charge in [-0.15, -0.1) is 10.9 Å². The van der Waals surface area contributed by atoms with E-state index in [1.165, 1.54) is 10.9 Å². The summed E-state index contributed by atoms with van der Waals surface area (Å²) in [7, 11) is 4.41. The molecule has 0 nitrogen and oxygen atoms in total. The molecule has 0 atom stereocenters. The van der Waals surface area contributed by atoms with E-state index in [-0.39, 0.29) is 0 Å². The standard InChI is InChI=1S/C8H16B2/c1-5-7(9-3)8(6-2)10-4/h5-6H2,1-4H3. The minimum Gasteiger partial charge on any atom is -0.119 e. The normalized spacial score (nSPS) is 12.4. The Kier molecular flexibility index (Phi) is 5.57. The van der Waals surface area contributed by atoms with E-state index >= 15 is 0 Å². The Morgan fingerprint density at radius 2 is 1.20 bits per heavy atom. The van der Waals surface area contributed by atoms with Crippen LogP contribution in [0.15, 0.2) is 10.9 Å². The van der Waals surface area contributed by atoms with E-state index in [4.69, 9.17) is 0 Å². The molecule has 0 bridgehead atoms. The van der Waals surface area contributed by atoms with Gasteiger partial charge in [0.15, 0.2) is 0 Å². The monoisotopic (exact) mass is 134 g/mol. The molecular formula is C8H16B2. The Balaban J connectivity index is 4.20. The summed E-state index contributed by atoms with van der Waals surface area (Å²) in [6, 6.07) is 0. The largest absolute Gasteiger partial charge is 0.141 e. The zero-order valence-electron chi connectivity index (χ0n) is 7.57. The Hall–Kier alpha value is -0.130. The van der Waals surface area contributed by atoms with Gasteiger partial charge in [0.2, 0.25) is 0 Å². The summed E-state index contributed by atoms with van der Waals surface area (Å²) in [6.07, 6.45) is 2.31. The van der Waals surface area contributed by atoms with Gasteiger partial charge in [0.25, 0.3) is 0 Å². The summed E-state index contributed by atoms with van der Waals surface area (Å²) in [5, 5.41) is 0. The average molecular weight is 134 g/mol. The molecule has 0 fully saturated rings. The van der Waals surface area contributed by atoms with E-state index in [0.29, 0.717) is 0 Å². The van der Waals surface area contributed by atoms with Crippen LogP contribution >= 0.6 is 0 Å². The smallest absolute Gasteiger partial charge is 0.119 e. The maximum atomic E-state index is 2.21. The van der Waals surface area contributed by atoms with Crippen molar-refractivity contribution in [3.8, 4) is 0 Å². The molecule has 54 valence electrons. The van der Waals surface area contributed by atoms with Crippen LogP contribution in [0.25, 0.3) is 0 Å². The molecule has 0 unspecified atom stereocenters. The lowest BCUT2D eigenvalue weighted by Gasteiger charge is -2.07. The summed E-state index contributed by atoms with van der Waals surface area (Å²) >= 11 is 0. The number of allylic oxidation sites excluding steroid dienone is 2. The lowest BCUT2D eigenvalue weighted by Crippen LogP contribution is -2.00. The first-order valence-corrected chi connectivity index (χ1v) is 4.10. The fourth-order valence-corrected chi connectivity index (χ4v) is 1.23. The van der Waals surface area contributed by atoms with E-state index in [9.17, 15) is 0 Å². The quantitative estimate of drug-likeness (QED) is 0.518. The van der Waals surface area contributed by atoms with E-state index in [0.717, 1.165) is 12.8 Å². The molecule has 0 N–H and O–H groups in total. The van der Waals surface area contributed by atoms with Crippen LogP contribution in [-0.2, 0) is 0 Å². The Morgan fingerprint density at radius 3 is 1.30 bits per heavy atom. The third-order valence-electron chi connectivity index (χ3n) is 1.87. The summed E-state index contributed by atoms with van der Waals surface area (Å²) in [5.74, 6) is 0. The van der Waals surface area contributed by atoms with Crippen LogP contribution in [0.5, 0.6) is 0 Å². The van der Waals surface area contributed by atoms with Gasteiger partial charge in [0, 0.05) is 0 Å². The molecule has 0 aromatic heterocycles. The molecule has 0 spiro atoms. The Bertz CT molecular complexity index is 90.4. The van der Waals surface area contributed by atoms with Gasteiger partial charge in [-0.05, 0) is 12.8 Å². The van der Waals surface area contributed by atoms with Crippen molar-refractivity contribution in [3.63, 3.8) is 0 Å². The van der Waals surface area contributed by atoms with Crippen LogP contribution in [-0.4, -0.2) is 14.6 Å². The van der Waals surface area contributed by atoms with Crippen LogP contribution in [0.3, 0.4) is 0 Å². The topological polar surface area (TPSA) is 0 Å². The molecule has 0 aliphatic carbocycles. The minimum atomic E-state index is 1.16. The predicted octanol–water partition coefficient (Wildman–Crippen LogP) is 2.52. The lowest BCUT2D eigenvalue weighted by atomic mass is 9.58. The lowest BCUT2D eigenvalue weighted by molar-refractivity contribution is 1.10. The van der Waals surface area contributed by atoms with Crippen molar-refractivity contribution in [1.82, 2.24) is 0 Å². The molecule has 0 amide bonds.